The molecular formula is C21H24N2O5. The average Bonchev–Trinajstić information content (AvgIpc) is 3.18. The smallest absolute Gasteiger partial charge is 0.408 e. The molecule has 1 heterocycles. The number of rotatable bonds is 7. The summed E-state index contributed by atoms with van der Waals surface area (Å²) in [4.78, 5) is 25.0. The van der Waals surface area contributed by atoms with Crippen molar-refractivity contribution in [2.24, 2.45) is 5.92 Å². The van der Waals surface area contributed by atoms with Crippen LogP contribution in [0.25, 0.3) is 0 Å². The third-order valence-electron chi connectivity index (χ3n) is 4.62. The van der Waals surface area contributed by atoms with Crippen molar-refractivity contribution in [2.45, 2.75) is 32.9 Å². The largest absolute Gasteiger partial charge is 0.454 e. The Kier molecular flexibility index (Phi) is 6.37. The van der Waals surface area contributed by atoms with E-state index in [2.05, 4.69) is 10.6 Å². The first kappa shape index (κ1) is 19.5. The van der Waals surface area contributed by atoms with Gasteiger partial charge in [-0.2, -0.15) is 0 Å². The summed E-state index contributed by atoms with van der Waals surface area (Å²) in [6, 6.07) is 13.8. The highest BCUT2D eigenvalue weighted by Gasteiger charge is 2.27. The summed E-state index contributed by atoms with van der Waals surface area (Å²) in [5, 5.41) is 5.50. The molecule has 2 unspecified atom stereocenters. The van der Waals surface area contributed by atoms with Crippen LogP contribution in [0.15, 0.2) is 48.5 Å². The van der Waals surface area contributed by atoms with Crippen molar-refractivity contribution < 1.29 is 23.8 Å². The molecule has 1 aliphatic rings. The molecule has 7 heteroatoms. The van der Waals surface area contributed by atoms with E-state index in [0.29, 0.717) is 17.2 Å². The lowest BCUT2D eigenvalue weighted by Gasteiger charge is -2.23. The summed E-state index contributed by atoms with van der Waals surface area (Å²) in [6.45, 7) is 4.17. The van der Waals surface area contributed by atoms with Crippen molar-refractivity contribution in [2.75, 3.05) is 12.1 Å². The Morgan fingerprint density at radius 2 is 1.86 bits per heavy atom. The number of carbonyl (C=O) groups excluding carboxylic acids is 2. The molecule has 0 radical (unpaired) electrons. The van der Waals surface area contributed by atoms with Crippen LogP contribution < -0.4 is 20.1 Å². The monoisotopic (exact) mass is 384 g/mol. The highest BCUT2D eigenvalue weighted by Crippen LogP contribution is 2.34. The summed E-state index contributed by atoms with van der Waals surface area (Å²) in [7, 11) is 0. The van der Waals surface area contributed by atoms with Gasteiger partial charge in [-0.1, -0.05) is 50.6 Å². The number of fused-ring (bicyclic) bond motifs is 1. The van der Waals surface area contributed by atoms with Gasteiger partial charge in [0.25, 0.3) is 0 Å². The number of amides is 2. The molecule has 2 aromatic rings. The van der Waals surface area contributed by atoms with E-state index in [4.69, 9.17) is 14.2 Å². The standard InChI is InChI=1S/C21H24N2O5/c1-3-14(2)19(23-21(25)26-12-15-7-5-4-6-8-15)20(24)22-16-9-10-17-18(11-16)28-13-27-17/h4-11,14,19H,3,12-13H2,1-2H3,(H,22,24)(H,23,25). The Bertz CT molecular complexity index is 825. The van der Waals surface area contributed by atoms with Gasteiger partial charge in [0.2, 0.25) is 12.7 Å². The Balaban J connectivity index is 1.60. The van der Waals surface area contributed by atoms with E-state index in [1.165, 1.54) is 0 Å². The van der Waals surface area contributed by atoms with Crippen LogP contribution >= 0.6 is 0 Å². The number of benzene rings is 2. The lowest BCUT2D eigenvalue weighted by Crippen LogP contribution is -2.47. The van der Waals surface area contributed by atoms with Gasteiger partial charge in [0.05, 0.1) is 0 Å². The molecule has 0 fully saturated rings. The molecule has 0 saturated carbocycles. The van der Waals surface area contributed by atoms with Crippen molar-refractivity contribution in [3.8, 4) is 11.5 Å². The predicted octanol–water partition coefficient (Wildman–Crippen LogP) is 3.69. The number of alkyl carbamates (subject to hydrolysis) is 1. The van der Waals surface area contributed by atoms with Crippen molar-refractivity contribution in [1.29, 1.82) is 0 Å². The first-order valence-electron chi connectivity index (χ1n) is 9.24. The van der Waals surface area contributed by atoms with Crippen molar-refractivity contribution >= 4 is 17.7 Å². The maximum atomic E-state index is 12.8. The maximum Gasteiger partial charge on any atom is 0.408 e. The molecule has 3 rings (SSSR count). The zero-order chi connectivity index (χ0) is 19.9. The Labute approximate surface area is 164 Å². The number of nitrogens with one attached hydrogen (secondary N) is 2. The number of hydrogen-bond donors (Lipinski definition) is 2. The molecule has 0 saturated heterocycles. The lowest BCUT2D eigenvalue weighted by molar-refractivity contribution is -0.119. The number of anilines is 1. The van der Waals surface area contributed by atoms with Gasteiger partial charge in [-0.05, 0) is 23.6 Å². The number of hydrogen-bond acceptors (Lipinski definition) is 5. The van der Waals surface area contributed by atoms with Gasteiger partial charge in [0.15, 0.2) is 11.5 Å². The molecule has 0 spiro atoms. The third-order valence-corrected chi connectivity index (χ3v) is 4.62. The second-order valence-electron chi connectivity index (χ2n) is 6.63. The fourth-order valence-electron chi connectivity index (χ4n) is 2.79. The van der Waals surface area contributed by atoms with Crippen molar-refractivity contribution in [3.63, 3.8) is 0 Å². The van der Waals surface area contributed by atoms with Gasteiger partial charge in [0, 0.05) is 11.8 Å². The predicted molar refractivity (Wildman–Crippen MR) is 104 cm³/mol. The zero-order valence-corrected chi connectivity index (χ0v) is 15.9. The molecule has 2 amide bonds. The molecule has 2 N–H and O–H groups in total. The normalized spacial score (nSPS) is 14.1. The SMILES string of the molecule is CCC(C)C(NC(=O)OCc1ccccc1)C(=O)Nc1ccc2c(c1)OCO2. The van der Waals surface area contributed by atoms with E-state index in [9.17, 15) is 9.59 Å². The Morgan fingerprint density at radius 3 is 2.61 bits per heavy atom. The molecule has 2 atom stereocenters. The fraction of sp³-hybridized carbons (Fsp3) is 0.333. The van der Waals surface area contributed by atoms with Crippen LogP contribution in [-0.2, 0) is 16.1 Å². The second kappa shape index (κ2) is 9.12. The maximum absolute atomic E-state index is 12.8. The minimum absolute atomic E-state index is 0.0710. The van der Waals surface area contributed by atoms with Gasteiger partial charge < -0.3 is 24.8 Å². The fourth-order valence-corrected chi connectivity index (χ4v) is 2.79. The minimum Gasteiger partial charge on any atom is -0.454 e. The number of ether oxygens (including phenoxy) is 3. The Hall–Kier alpha value is -3.22. The van der Waals surface area contributed by atoms with Crippen LogP contribution in [-0.4, -0.2) is 24.8 Å². The summed E-state index contributed by atoms with van der Waals surface area (Å²) < 4.78 is 15.8. The molecular weight excluding hydrogens is 360 g/mol. The molecule has 1 aliphatic heterocycles. The topological polar surface area (TPSA) is 85.9 Å². The van der Waals surface area contributed by atoms with E-state index in [0.717, 1.165) is 12.0 Å². The number of carbonyl (C=O) groups is 2. The quantitative estimate of drug-likeness (QED) is 0.760. The van der Waals surface area contributed by atoms with Crippen LogP contribution in [0, 0.1) is 5.92 Å². The molecule has 7 nitrogen and oxygen atoms in total. The summed E-state index contributed by atoms with van der Waals surface area (Å²) >= 11 is 0. The van der Waals surface area contributed by atoms with Gasteiger partial charge in [-0.3, -0.25) is 4.79 Å². The average molecular weight is 384 g/mol. The van der Waals surface area contributed by atoms with Gasteiger partial charge in [0.1, 0.15) is 12.6 Å². The lowest BCUT2D eigenvalue weighted by atomic mass is 9.98. The van der Waals surface area contributed by atoms with E-state index in [-0.39, 0.29) is 25.2 Å². The molecule has 148 valence electrons. The van der Waals surface area contributed by atoms with E-state index >= 15 is 0 Å². The molecule has 28 heavy (non-hydrogen) atoms. The van der Waals surface area contributed by atoms with E-state index in [1.807, 2.05) is 44.2 Å². The molecule has 0 aliphatic carbocycles. The van der Waals surface area contributed by atoms with Crippen LogP contribution in [0.4, 0.5) is 10.5 Å². The van der Waals surface area contributed by atoms with Crippen LogP contribution in [0.2, 0.25) is 0 Å². The van der Waals surface area contributed by atoms with Gasteiger partial charge in [-0.25, -0.2) is 4.79 Å². The minimum atomic E-state index is -0.723. The van der Waals surface area contributed by atoms with Crippen LogP contribution in [0.1, 0.15) is 25.8 Å². The van der Waals surface area contributed by atoms with Gasteiger partial charge in [-0.15, -0.1) is 0 Å². The zero-order valence-electron chi connectivity index (χ0n) is 15.9. The summed E-state index contributed by atoms with van der Waals surface area (Å²) in [6.07, 6.45) is 0.0908. The van der Waals surface area contributed by atoms with Crippen LogP contribution in [0.5, 0.6) is 11.5 Å². The first-order chi connectivity index (χ1) is 13.6. The Morgan fingerprint density at radius 1 is 1.11 bits per heavy atom. The molecule has 0 bridgehead atoms. The highest BCUT2D eigenvalue weighted by molar-refractivity contribution is 5.97. The summed E-state index contributed by atoms with van der Waals surface area (Å²) in [5.74, 6) is 0.829. The van der Waals surface area contributed by atoms with Crippen molar-refractivity contribution in [1.82, 2.24) is 5.32 Å². The van der Waals surface area contributed by atoms with Gasteiger partial charge >= 0.3 is 6.09 Å². The van der Waals surface area contributed by atoms with E-state index < -0.39 is 12.1 Å². The first-order valence-corrected chi connectivity index (χ1v) is 9.24. The highest BCUT2D eigenvalue weighted by atomic mass is 16.7. The van der Waals surface area contributed by atoms with Crippen LogP contribution in [0.3, 0.4) is 0 Å². The molecule has 0 aromatic heterocycles. The van der Waals surface area contributed by atoms with E-state index in [1.54, 1.807) is 18.2 Å². The summed E-state index contributed by atoms with van der Waals surface area (Å²) in [5.41, 5.74) is 1.45. The second-order valence-corrected chi connectivity index (χ2v) is 6.63. The third kappa shape index (κ3) is 4.94. The molecule has 2 aromatic carbocycles. The van der Waals surface area contributed by atoms with Crippen molar-refractivity contribution in [3.05, 3.63) is 54.1 Å².